The van der Waals surface area contributed by atoms with Gasteiger partial charge in [0.15, 0.2) is 5.78 Å². The predicted molar refractivity (Wildman–Crippen MR) is 68.8 cm³/mol. The molecule has 4 aliphatic carbocycles. The van der Waals surface area contributed by atoms with E-state index in [1.807, 2.05) is 14.1 Å². The number of Topliss-reactive ketones (excluding diaryl/α,β-unsaturated/α-hetero) is 1. The number of likely N-dealkylation sites (N-methyl/N-ethyl adjacent to an activating group) is 1. The molecular formula is C15H25NO. The van der Waals surface area contributed by atoms with Crippen LogP contribution in [0.2, 0.25) is 0 Å². The fraction of sp³-hybridized carbons (Fsp3) is 0.933. The summed E-state index contributed by atoms with van der Waals surface area (Å²) in [5.74, 6) is 3.16. The molecule has 0 amide bonds. The third kappa shape index (κ3) is 2.05. The van der Waals surface area contributed by atoms with Gasteiger partial charge in [0.2, 0.25) is 0 Å². The second-order valence-corrected chi connectivity index (χ2v) is 7.20. The monoisotopic (exact) mass is 235 g/mol. The lowest BCUT2D eigenvalue weighted by atomic mass is 9.57. The highest BCUT2D eigenvalue weighted by Gasteiger charge is 2.51. The van der Waals surface area contributed by atoms with Crippen molar-refractivity contribution >= 4 is 5.78 Å². The molecule has 4 fully saturated rings. The minimum atomic E-state index is 0.0945. The quantitative estimate of drug-likeness (QED) is 0.749. The molecule has 2 heteroatoms. The van der Waals surface area contributed by atoms with Crippen molar-refractivity contribution in [2.75, 3.05) is 20.6 Å². The molecule has 0 aromatic heterocycles. The Morgan fingerprint density at radius 1 is 1.06 bits per heavy atom. The van der Waals surface area contributed by atoms with Crippen LogP contribution < -0.4 is 0 Å². The number of carbonyl (C=O) groups excluding carboxylic acids is 1. The molecule has 0 N–H and O–H groups in total. The van der Waals surface area contributed by atoms with Gasteiger partial charge in [0, 0.05) is 5.41 Å². The maximum atomic E-state index is 12.6. The van der Waals surface area contributed by atoms with Crippen LogP contribution in [0.3, 0.4) is 0 Å². The van der Waals surface area contributed by atoms with Gasteiger partial charge in [-0.3, -0.25) is 4.79 Å². The van der Waals surface area contributed by atoms with Crippen LogP contribution in [0.4, 0.5) is 0 Å². The lowest BCUT2D eigenvalue weighted by Crippen LogP contribution is -2.46. The summed E-state index contributed by atoms with van der Waals surface area (Å²) in [7, 11) is 4.04. The van der Waals surface area contributed by atoms with Crippen molar-refractivity contribution in [1.82, 2.24) is 4.90 Å². The van der Waals surface area contributed by atoms with Crippen molar-refractivity contribution in [2.45, 2.75) is 44.9 Å². The molecule has 2 atom stereocenters. The molecule has 4 rings (SSSR count). The zero-order valence-electron chi connectivity index (χ0n) is 11.2. The van der Waals surface area contributed by atoms with Crippen LogP contribution in [0.1, 0.15) is 44.9 Å². The van der Waals surface area contributed by atoms with Crippen molar-refractivity contribution < 1.29 is 4.79 Å². The Kier molecular flexibility index (Phi) is 2.81. The SMILES string of the molecule is CN(C)CC(=O)C12CC3CCC(CC(C3)C1)C2. The third-order valence-corrected chi connectivity index (χ3v) is 5.41. The van der Waals surface area contributed by atoms with E-state index in [1.54, 1.807) is 0 Å². The number of rotatable bonds is 3. The van der Waals surface area contributed by atoms with E-state index in [-0.39, 0.29) is 5.41 Å². The normalized spacial score (nSPS) is 44.1. The Balaban J connectivity index is 1.84. The van der Waals surface area contributed by atoms with Gasteiger partial charge in [-0.25, -0.2) is 0 Å². The molecule has 4 aliphatic rings. The minimum Gasteiger partial charge on any atom is -0.302 e. The molecule has 2 unspecified atom stereocenters. The van der Waals surface area contributed by atoms with Crippen molar-refractivity contribution in [1.29, 1.82) is 0 Å². The van der Waals surface area contributed by atoms with Gasteiger partial charge < -0.3 is 4.90 Å². The van der Waals surface area contributed by atoms with Crippen LogP contribution in [-0.4, -0.2) is 31.3 Å². The van der Waals surface area contributed by atoms with Crippen LogP contribution in [-0.2, 0) is 4.79 Å². The van der Waals surface area contributed by atoms with Crippen molar-refractivity contribution in [3.63, 3.8) is 0 Å². The topological polar surface area (TPSA) is 20.3 Å². The summed E-state index contributed by atoms with van der Waals surface area (Å²) in [5, 5.41) is 0. The standard InChI is InChI=1S/C15H25NO/c1-16(2)10-14(17)15-7-11-3-4-12(8-15)6-13(5-11)9-15/h11-13H,3-10H2,1-2H3. The van der Waals surface area contributed by atoms with Crippen LogP contribution in [0.25, 0.3) is 0 Å². The van der Waals surface area contributed by atoms with Crippen LogP contribution in [0.5, 0.6) is 0 Å². The Morgan fingerprint density at radius 2 is 1.59 bits per heavy atom. The van der Waals surface area contributed by atoms with E-state index in [0.717, 1.165) is 17.8 Å². The molecule has 0 radical (unpaired) electrons. The average Bonchev–Trinajstić information content (AvgIpc) is 2.44. The fourth-order valence-corrected chi connectivity index (χ4v) is 4.99. The summed E-state index contributed by atoms with van der Waals surface area (Å²) in [4.78, 5) is 14.7. The van der Waals surface area contributed by atoms with Gasteiger partial charge in [-0.05, 0) is 64.0 Å². The maximum absolute atomic E-state index is 12.6. The number of hydrogen-bond donors (Lipinski definition) is 0. The molecule has 0 heterocycles. The summed E-state index contributed by atoms with van der Waals surface area (Å²) >= 11 is 0. The molecule has 17 heavy (non-hydrogen) atoms. The molecule has 4 bridgehead atoms. The van der Waals surface area contributed by atoms with Gasteiger partial charge in [-0.2, -0.15) is 0 Å². The molecule has 4 saturated carbocycles. The molecule has 0 aromatic carbocycles. The first kappa shape index (κ1) is 11.7. The van der Waals surface area contributed by atoms with Crippen LogP contribution >= 0.6 is 0 Å². The van der Waals surface area contributed by atoms with Gasteiger partial charge in [0.25, 0.3) is 0 Å². The Morgan fingerprint density at radius 3 is 2.12 bits per heavy atom. The molecule has 2 nitrogen and oxygen atoms in total. The first-order valence-electron chi connectivity index (χ1n) is 7.25. The smallest absolute Gasteiger partial charge is 0.152 e. The van der Waals surface area contributed by atoms with Gasteiger partial charge in [0.05, 0.1) is 6.54 Å². The zero-order valence-corrected chi connectivity index (χ0v) is 11.2. The Bertz CT molecular complexity index is 307. The van der Waals surface area contributed by atoms with Gasteiger partial charge in [0.1, 0.15) is 0 Å². The number of hydrogen-bond acceptors (Lipinski definition) is 2. The molecule has 0 spiro atoms. The van der Waals surface area contributed by atoms with E-state index in [4.69, 9.17) is 0 Å². The first-order valence-corrected chi connectivity index (χ1v) is 7.25. The molecule has 0 saturated heterocycles. The Labute approximate surface area is 105 Å². The molecule has 0 aromatic rings. The molecule has 0 aliphatic heterocycles. The summed E-state index contributed by atoms with van der Waals surface area (Å²) in [5.41, 5.74) is 0.0945. The molecule has 96 valence electrons. The lowest BCUT2D eigenvalue weighted by molar-refractivity contribution is -0.136. The zero-order chi connectivity index (χ0) is 12.0. The van der Waals surface area contributed by atoms with Crippen molar-refractivity contribution in [3.8, 4) is 0 Å². The average molecular weight is 235 g/mol. The second kappa shape index (κ2) is 4.08. The van der Waals surface area contributed by atoms with E-state index < -0.39 is 0 Å². The van der Waals surface area contributed by atoms with Crippen molar-refractivity contribution in [2.24, 2.45) is 23.2 Å². The van der Waals surface area contributed by atoms with E-state index >= 15 is 0 Å². The van der Waals surface area contributed by atoms with Gasteiger partial charge in [-0.15, -0.1) is 0 Å². The first-order chi connectivity index (χ1) is 8.07. The minimum absolute atomic E-state index is 0.0945. The lowest BCUT2D eigenvalue weighted by Gasteiger charge is -2.47. The highest BCUT2D eigenvalue weighted by atomic mass is 16.1. The summed E-state index contributed by atoms with van der Waals surface area (Å²) < 4.78 is 0. The van der Waals surface area contributed by atoms with Crippen LogP contribution in [0.15, 0.2) is 0 Å². The third-order valence-electron chi connectivity index (χ3n) is 5.41. The fourth-order valence-electron chi connectivity index (χ4n) is 4.99. The van der Waals surface area contributed by atoms with E-state index in [2.05, 4.69) is 4.90 Å². The van der Waals surface area contributed by atoms with Gasteiger partial charge in [-0.1, -0.05) is 12.8 Å². The predicted octanol–water partition coefficient (Wildman–Crippen LogP) is 2.72. The summed E-state index contributed by atoms with van der Waals surface area (Å²) in [6.07, 6.45) is 9.29. The number of ketones is 1. The molecular weight excluding hydrogens is 210 g/mol. The van der Waals surface area contributed by atoms with E-state index in [1.165, 1.54) is 44.9 Å². The summed E-state index contributed by atoms with van der Waals surface area (Å²) in [6.45, 7) is 0.659. The maximum Gasteiger partial charge on any atom is 0.152 e. The number of nitrogens with zero attached hydrogens (tertiary/aromatic N) is 1. The largest absolute Gasteiger partial charge is 0.302 e. The highest BCUT2D eigenvalue weighted by Crippen LogP contribution is 2.58. The highest BCUT2D eigenvalue weighted by molar-refractivity contribution is 5.87. The van der Waals surface area contributed by atoms with E-state index in [9.17, 15) is 4.79 Å². The van der Waals surface area contributed by atoms with Crippen LogP contribution in [0, 0.1) is 23.2 Å². The Hall–Kier alpha value is -0.370. The second-order valence-electron chi connectivity index (χ2n) is 7.20. The van der Waals surface area contributed by atoms with Crippen molar-refractivity contribution in [3.05, 3.63) is 0 Å². The number of fused-ring (bicyclic) bond motifs is 1. The number of carbonyl (C=O) groups is 1. The van der Waals surface area contributed by atoms with E-state index in [0.29, 0.717) is 12.3 Å². The summed E-state index contributed by atoms with van der Waals surface area (Å²) in [6, 6.07) is 0. The van der Waals surface area contributed by atoms with Gasteiger partial charge >= 0.3 is 0 Å².